The first kappa shape index (κ1) is 9.55. The van der Waals surface area contributed by atoms with Gasteiger partial charge in [0, 0.05) is 11.3 Å². The van der Waals surface area contributed by atoms with E-state index in [1.807, 2.05) is 25.3 Å². The van der Waals surface area contributed by atoms with E-state index in [1.54, 1.807) is 18.7 Å². The molecule has 0 aliphatic heterocycles. The van der Waals surface area contributed by atoms with E-state index in [2.05, 4.69) is 4.98 Å². The Bertz CT molecular complexity index is 273. The van der Waals surface area contributed by atoms with Gasteiger partial charge in [0.25, 0.3) is 0 Å². The van der Waals surface area contributed by atoms with Crippen LogP contribution in [0.4, 0.5) is 0 Å². The number of pyridine rings is 1. The fraction of sp³-hybridized carbons (Fsp3) is 0.444. The zero-order valence-electron chi connectivity index (χ0n) is 7.53. The van der Waals surface area contributed by atoms with Crippen LogP contribution in [0.1, 0.15) is 24.3 Å². The van der Waals surface area contributed by atoms with Crippen molar-refractivity contribution in [2.75, 3.05) is 6.26 Å². The summed E-state index contributed by atoms with van der Waals surface area (Å²) >= 11 is 1.61. The Morgan fingerprint density at radius 1 is 1.50 bits per heavy atom. The van der Waals surface area contributed by atoms with E-state index in [9.17, 15) is 5.11 Å². The maximum atomic E-state index is 9.32. The predicted octanol–water partition coefficient (Wildman–Crippen LogP) is 2.17. The summed E-state index contributed by atoms with van der Waals surface area (Å²) in [6, 6.07) is 3.86. The number of nitrogens with zero attached hydrogens (tertiary/aromatic N) is 1. The van der Waals surface area contributed by atoms with E-state index in [1.165, 1.54) is 0 Å². The zero-order valence-corrected chi connectivity index (χ0v) is 8.35. The summed E-state index contributed by atoms with van der Waals surface area (Å²) in [6.45, 7) is 3.67. The topological polar surface area (TPSA) is 33.1 Å². The molecule has 0 fully saturated rings. The number of aliphatic hydroxyl groups is 1. The average Bonchev–Trinajstić information content (AvgIpc) is 2.03. The lowest BCUT2D eigenvalue weighted by atomic mass is 10.1. The number of aryl methyl sites for hydroxylation is 1. The molecule has 0 unspecified atom stereocenters. The van der Waals surface area contributed by atoms with Crippen molar-refractivity contribution in [2.24, 2.45) is 0 Å². The van der Waals surface area contributed by atoms with Crippen LogP contribution >= 0.6 is 11.8 Å². The third kappa shape index (κ3) is 1.99. The van der Waals surface area contributed by atoms with Crippen molar-refractivity contribution < 1.29 is 5.11 Å². The molecule has 1 aromatic rings. The Balaban J connectivity index is 3.03. The lowest BCUT2D eigenvalue weighted by molar-refractivity contribution is 0.198. The molecule has 0 spiro atoms. The van der Waals surface area contributed by atoms with Crippen molar-refractivity contribution in [3.05, 3.63) is 23.4 Å². The van der Waals surface area contributed by atoms with Crippen LogP contribution in [-0.2, 0) is 0 Å². The van der Waals surface area contributed by atoms with E-state index in [0.717, 1.165) is 16.3 Å². The van der Waals surface area contributed by atoms with Crippen LogP contribution in [0.15, 0.2) is 17.2 Å². The monoisotopic (exact) mass is 183 g/mol. The lowest BCUT2D eigenvalue weighted by Gasteiger charge is -2.08. The number of aromatic nitrogens is 1. The molecular formula is C9H13NOS. The summed E-state index contributed by atoms with van der Waals surface area (Å²) < 4.78 is 0. The van der Waals surface area contributed by atoms with Crippen LogP contribution in [0.5, 0.6) is 0 Å². The molecule has 0 aliphatic rings. The maximum absolute atomic E-state index is 9.32. The van der Waals surface area contributed by atoms with Crippen LogP contribution in [-0.4, -0.2) is 16.3 Å². The summed E-state index contributed by atoms with van der Waals surface area (Å²) in [5.41, 5.74) is 1.82. The minimum Gasteiger partial charge on any atom is -0.389 e. The largest absolute Gasteiger partial charge is 0.389 e. The van der Waals surface area contributed by atoms with Gasteiger partial charge >= 0.3 is 0 Å². The van der Waals surface area contributed by atoms with Crippen LogP contribution in [0.2, 0.25) is 0 Å². The second-order valence-corrected chi connectivity index (χ2v) is 3.53. The minimum absolute atomic E-state index is 0.423. The summed E-state index contributed by atoms with van der Waals surface area (Å²) in [5, 5.41) is 10.3. The Labute approximate surface area is 77.0 Å². The molecule has 1 rings (SSSR count). The van der Waals surface area contributed by atoms with Gasteiger partial charge in [0.2, 0.25) is 0 Å². The van der Waals surface area contributed by atoms with Crippen molar-refractivity contribution in [3.8, 4) is 0 Å². The van der Waals surface area contributed by atoms with Gasteiger partial charge < -0.3 is 5.11 Å². The lowest BCUT2D eigenvalue weighted by Crippen LogP contribution is -1.97. The highest BCUT2D eigenvalue weighted by atomic mass is 32.2. The van der Waals surface area contributed by atoms with Crippen molar-refractivity contribution in [1.82, 2.24) is 4.98 Å². The predicted molar refractivity (Wildman–Crippen MR) is 51.4 cm³/mol. The van der Waals surface area contributed by atoms with Crippen LogP contribution in [0, 0.1) is 6.92 Å². The van der Waals surface area contributed by atoms with E-state index < -0.39 is 6.10 Å². The summed E-state index contributed by atoms with van der Waals surface area (Å²) in [5.74, 6) is 0. The summed E-state index contributed by atoms with van der Waals surface area (Å²) in [6.07, 6.45) is 1.57. The Kier molecular flexibility index (Phi) is 3.12. The molecule has 0 radical (unpaired) electrons. The van der Waals surface area contributed by atoms with Crippen molar-refractivity contribution in [2.45, 2.75) is 25.0 Å². The number of rotatable bonds is 2. The molecule has 0 saturated heterocycles. The number of hydrogen-bond acceptors (Lipinski definition) is 3. The fourth-order valence-corrected chi connectivity index (χ4v) is 1.54. The van der Waals surface area contributed by atoms with Gasteiger partial charge in [-0.05, 0) is 26.2 Å². The summed E-state index contributed by atoms with van der Waals surface area (Å²) in [4.78, 5) is 4.32. The molecule has 66 valence electrons. The number of aliphatic hydroxyl groups excluding tert-OH is 1. The third-order valence-corrected chi connectivity index (χ3v) is 2.41. The second kappa shape index (κ2) is 3.92. The number of hydrogen-bond donors (Lipinski definition) is 1. The highest BCUT2D eigenvalue weighted by Gasteiger charge is 2.05. The molecule has 1 aromatic heterocycles. The standard InChI is InChI=1S/C9H13NOS/c1-6-8(7(2)11)4-5-9(10-6)12-3/h4-5,7,11H,1-3H3/t7-/m0/s1. The van der Waals surface area contributed by atoms with Gasteiger partial charge in [-0.3, -0.25) is 0 Å². The molecule has 0 amide bonds. The normalized spacial score (nSPS) is 13.0. The first-order valence-corrected chi connectivity index (χ1v) is 5.07. The van der Waals surface area contributed by atoms with Crippen molar-refractivity contribution >= 4 is 11.8 Å². The molecule has 0 saturated carbocycles. The molecule has 0 aromatic carbocycles. The Morgan fingerprint density at radius 2 is 2.17 bits per heavy atom. The molecule has 3 heteroatoms. The van der Waals surface area contributed by atoms with Gasteiger partial charge in [0.05, 0.1) is 11.1 Å². The van der Waals surface area contributed by atoms with Gasteiger partial charge in [-0.25, -0.2) is 4.98 Å². The van der Waals surface area contributed by atoms with Gasteiger partial charge in [0.1, 0.15) is 0 Å². The highest BCUT2D eigenvalue weighted by molar-refractivity contribution is 7.98. The summed E-state index contributed by atoms with van der Waals surface area (Å²) in [7, 11) is 0. The zero-order chi connectivity index (χ0) is 9.14. The quantitative estimate of drug-likeness (QED) is 0.713. The molecule has 12 heavy (non-hydrogen) atoms. The average molecular weight is 183 g/mol. The smallest absolute Gasteiger partial charge is 0.0960 e. The maximum Gasteiger partial charge on any atom is 0.0960 e. The van der Waals surface area contributed by atoms with E-state index >= 15 is 0 Å². The SMILES string of the molecule is CSc1ccc([C@H](C)O)c(C)n1. The Morgan fingerprint density at radius 3 is 2.58 bits per heavy atom. The van der Waals surface area contributed by atoms with Gasteiger partial charge in [-0.2, -0.15) is 0 Å². The van der Waals surface area contributed by atoms with Gasteiger partial charge in [-0.15, -0.1) is 11.8 Å². The van der Waals surface area contributed by atoms with Crippen LogP contribution in [0.3, 0.4) is 0 Å². The van der Waals surface area contributed by atoms with Crippen molar-refractivity contribution in [1.29, 1.82) is 0 Å². The second-order valence-electron chi connectivity index (χ2n) is 2.70. The highest BCUT2D eigenvalue weighted by Crippen LogP contribution is 2.19. The van der Waals surface area contributed by atoms with Gasteiger partial charge in [0.15, 0.2) is 0 Å². The minimum atomic E-state index is -0.423. The van der Waals surface area contributed by atoms with Gasteiger partial charge in [-0.1, -0.05) is 6.07 Å². The molecule has 0 bridgehead atoms. The first-order chi connectivity index (χ1) is 5.65. The molecule has 1 atom stereocenters. The molecule has 1 heterocycles. The van der Waals surface area contributed by atoms with Crippen LogP contribution in [0.25, 0.3) is 0 Å². The fourth-order valence-electron chi connectivity index (χ4n) is 1.10. The van der Waals surface area contributed by atoms with Crippen LogP contribution < -0.4 is 0 Å². The molecule has 1 N–H and O–H groups in total. The van der Waals surface area contributed by atoms with Crippen molar-refractivity contribution in [3.63, 3.8) is 0 Å². The first-order valence-electron chi connectivity index (χ1n) is 3.84. The number of thioether (sulfide) groups is 1. The van der Waals surface area contributed by atoms with E-state index in [0.29, 0.717) is 0 Å². The van der Waals surface area contributed by atoms with E-state index in [-0.39, 0.29) is 0 Å². The molecule has 2 nitrogen and oxygen atoms in total. The third-order valence-electron chi connectivity index (χ3n) is 1.76. The van der Waals surface area contributed by atoms with E-state index in [4.69, 9.17) is 0 Å². The molecule has 0 aliphatic carbocycles. The Hall–Kier alpha value is -0.540. The molecular weight excluding hydrogens is 170 g/mol.